The van der Waals surface area contributed by atoms with Gasteiger partial charge >= 0.3 is 0 Å². The van der Waals surface area contributed by atoms with Crippen LogP contribution in [0.25, 0.3) is 0 Å². The van der Waals surface area contributed by atoms with E-state index >= 15 is 0 Å². The van der Waals surface area contributed by atoms with Gasteiger partial charge in [-0.2, -0.15) is 0 Å². The van der Waals surface area contributed by atoms with E-state index in [1.807, 2.05) is 0 Å². The molecule has 0 saturated carbocycles. The smallest absolute Gasteiger partial charge is 0.258 e. The molecule has 5 heteroatoms. The molecule has 18 heavy (non-hydrogen) atoms. The molecule has 1 atom stereocenters. The van der Waals surface area contributed by atoms with Gasteiger partial charge in [0, 0.05) is 17.7 Å². The molecule has 1 aromatic rings. The van der Waals surface area contributed by atoms with Crippen LogP contribution in [0.5, 0.6) is 5.75 Å². The number of amides is 1. The highest BCUT2D eigenvalue weighted by molar-refractivity contribution is 5.77. The minimum absolute atomic E-state index is 0.130. The first-order valence-corrected chi connectivity index (χ1v) is 5.42. The van der Waals surface area contributed by atoms with Gasteiger partial charge in [-0.3, -0.25) is 4.79 Å². The second-order valence-electron chi connectivity index (χ2n) is 3.74. The van der Waals surface area contributed by atoms with Gasteiger partial charge in [0.25, 0.3) is 5.91 Å². The number of nitrogens with one attached hydrogen (secondary N) is 1. The number of rotatable bonds is 5. The molecule has 0 bridgehead atoms. The first-order chi connectivity index (χ1) is 8.54. The third kappa shape index (κ3) is 4.07. The molecule has 0 aliphatic rings. The molecular formula is C13H15FN2O2. The van der Waals surface area contributed by atoms with Crippen molar-refractivity contribution in [3.05, 3.63) is 29.6 Å². The van der Waals surface area contributed by atoms with Crippen molar-refractivity contribution in [3.63, 3.8) is 0 Å². The highest BCUT2D eigenvalue weighted by Crippen LogP contribution is 2.24. The molecule has 0 aliphatic carbocycles. The summed E-state index contributed by atoms with van der Waals surface area (Å²) < 4.78 is 18.3. The molecule has 3 N–H and O–H groups in total. The summed E-state index contributed by atoms with van der Waals surface area (Å²) in [7, 11) is 0. The van der Waals surface area contributed by atoms with Gasteiger partial charge in [0.1, 0.15) is 11.6 Å². The molecule has 0 radical (unpaired) electrons. The number of nitrogens with two attached hydrogens (primary N) is 1. The molecule has 96 valence electrons. The lowest BCUT2D eigenvalue weighted by molar-refractivity contribution is -0.122. The van der Waals surface area contributed by atoms with Crippen molar-refractivity contribution < 1.29 is 13.9 Å². The third-order valence-electron chi connectivity index (χ3n) is 2.21. The van der Waals surface area contributed by atoms with E-state index < -0.39 is 5.82 Å². The Morgan fingerprint density at radius 3 is 3.00 bits per heavy atom. The van der Waals surface area contributed by atoms with Crippen molar-refractivity contribution in [2.24, 2.45) is 5.73 Å². The second-order valence-corrected chi connectivity index (χ2v) is 3.74. The van der Waals surface area contributed by atoms with Gasteiger partial charge in [-0.1, -0.05) is 12.0 Å². The van der Waals surface area contributed by atoms with Crippen molar-refractivity contribution in [2.45, 2.75) is 13.0 Å². The molecule has 0 heterocycles. The van der Waals surface area contributed by atoms with E-state index in [9.17, 15) is 9.18 Å². The topological polar surface area (TPSA) is 64.3 Å². The van der Waals surface area contributed by atoms with Gasteiger partial charge in [-0.05, 0) is 13.0 Å². The molecule has 0 saturated heterocycles. The summed E-state index contributed by atoms with van der Waals surface area (Å²) in [6, 6.07) is 3.72. The minimum Gasteiger partial charge on any atom is -0.483 e. The number of ether oxygens (including phenoxy) is 1. The summed E-state index contributed by atoms with van der Waals surface area (Å²) in [6.45, 7) is 1.65. The van der Waals surface area contributed by atoms with Crippen molar-refractivity contribution in [2.75, 3.05) is 13.2 Å². The molecule has 1 aromatic carbocycles. The predicted octanol–water partition coefficient (Wildman–Crippen LogP) is 0.974. The van der Waals surface area contributed by atoms with E-state index in [-0.39, 0.29) is 30.9 Å². The van der Waals surface area contributed by atoms with Crippen LogP contribution in [-0.2, 0) is 4.79 Å². The van der Waals surface area contributed by atoms with Crippen molar-refractivity contribution in [1.29, 1.82) is 0 Å². The first kappa shape index (κ1) is 14.0. The lowest BCUT2D eigenvalue weighted by Crippen LogP contribution is -2.29. The van der Waals surface area contributed by atoms with Gasteiger partial charge in [0.15, 0.2) is 6.61 Å². The lowest BCUT2D eigenvalue weighted by atomic mass is 10.1. The summed E-state index contributed by atoms with van der Waals surface area (Å²) in [6.07, 6.45) is 5.00. The summed E-state index contributed by atoms with van der Waals surface area (Å²) in [5.41, 5.74) is 6.36. The van der Waals surface area contributed by atoms with E-state index in [1.54, 1.807) is 6.92 Å². The first-order valence-electron chi connectivity index (χ1n) is 5.42. The Bertz CT molecular complexity index is 467. The quantitative estimate of drug-likeness (QED) is 0.765. The zero-order chi connectivity index (χ0) is 13.5. The molecule has 0 spiro atoms. The standard InChI is InChI=1S/C13H15FN2O2/c1-3-6-16-13(17)8-18-12-7-10(14)4-5-11(12)9(2)15/h1,4-5,7,9H,6,8,15H2,2H3,(H,16,17)/t9-/m1/s1. The van der Waals surface area contributed by atoms with Crippen LogP contribution in [0.2, 0.25) is 0 Å². The van der Waals surface area contributed by atoms with Crippen molar-refractivity contribution in [1.82, 2.24) is 5.32 Å². The molecule has 0 aliphatic heterocycles. The highest BCUT2D eigenvalue weighted by Gasteiger charge is 2.11. The maximum absolute atomic E-state index is 13.1. The molecule has 1 amide bonds. The predicted molar refractivity (Wildman–Crippen MR) is 66.3 cm³/mol. The maximum atomic E-state index is 13.1. The summed E-state index contributed by atoms with van der Waals surface area (Å²) in [4.78, 5) is 11.3. The van der Waals surface area contributed by atoms with Gasteiger partial charge in [0.2, 0.25) is 0 Å². The number of terminal acetylenes is 1. The summed E-state index contributed by atoms with van der Waals surface area (Å²) in [5.74, 6) is 1.72. The lowest BCUT2D eigenvalue weighted by Gasteiger charge is -2.13. The van der Waals surface area contributed by atoms with E-state index in [0.29, 0.717) is 5.56 Å². The molecule has 0 aromatic heterocycles. The molecule has 0 fully saturated rings. The van der Waals surface area contributed by atoms with Gasteiger partial charge < -0.3 is 15.8 Å². The number of carbonyl (C=O) groups excluding carboxylic acids is 1. The van der Waals surface area contributed by atoms with E-state index in [0.717, 1.165) is 0 Å². The normalized spacial score (nSPS) is 11.4. The Morgan fingerprint density at radius 2 is 2.39 bits per heavy atom. The monoisotopic (exact) mass is 250 g/mol. The Labute approximate surface area is 105 Å². The fourth-order valence-electron chi connectivity index (χ4n) is 1.35. The minimum atomic E-state index is -0.446. The Hall–Kier alpha value is -2.06. The number of hydrogen-bond acceptors (Lipinski definition) is 3. The largest absolute Gasteiger partial charge is 0.483 e. The van der Waals surface area contributed by atoms with Gasteiger partial charge in [-0.25, -0.2) is 4.39 Å². The average Bonchev–Trinajstić information content (AvgIpc) is 2.33. The van der Waals surface area contributed by atoms with Crippen LogP contribution in [0.1, 0.15) is 18.5 Å². The van der Waals surface area contributed by atoms with E-state index in [1.165, 1.54) is 18.2 Å². The number of carbonyl (C=O) groups is 1. The van der Waals surface area contributed by atoms with Crippen molar-refractivity contribution in [3.8, 4) is 18.1 Å². The average molecular weight is 250 g/mol. The van der Waals surface area contributed by atoms with Crippen LogP contribution in [0.15, 0.2) is 18.2 Å². The molecule has 1 rings (SSSR count). The van der Waals surface area contributed by atoms with Gasteiger partial charge in [-0.15, -0.1) is 6.42 Å². The molecule has 4 nitrogen and oxygen atoms in total. The zero-order valence-corrected chi connectivity index (χ0v) is 10.1. The Morgan fingerprint density at radius 1 is 1.67 bits per heavy atom. The SMILES string of the molecule is C#CCNC(=O)COc1cc(F)ccc1[C@@H](C)N. The number of halogens is 1. The van der Waals surface area contributed by atoms with Crippen LogP contribution in [0.4, 0.5) is 4.39 Å². The maximum Gasteiger partial charge on any atom is 0.258 e. The van der Waals surface area contributed by atoms with Crippen LogP contribution in [-0.4, -0.2) is 19.1 Å². The van der Waals surface area contributed by atoms with E-state index in [4.69, 9.17) is 16.9 Å². The van der Waals surface area contributed by atoms with Crippen LogP contribution in [0.3, 0.4) is 0 Å². The fraction of sp³-hybridized carbons (Fsp3) is 0.308. The number of benzene rings is 1. The second kappa shape index (κ2) is 6.62. The van der Waals surface area contributed by atoms with Crippen LogP contribution < -0.4 is 15.8 Å². The van der Waals surface area contributed by atoms with E-state index in [2.05, 4.69) is 11.2 Å². The zero-order valence-electron chi connectivity index (χ0n) is 10.1. The van der Waals surface area contributed by atoms with Crippen LogP contribution in [0, 0.1) is 18.2 Å². The van der Waals surface area contributed by atoms with Crippen molar-refractivity contribution >= 4 is 5.91 Å². The Balaban J connectivity index is 2.69. The molecule has 0 unspecified atom stereocenters. The van der Waals surface area contributed by atoms with Crippen LogP contribution >= 0.6 is 0 Å². The summed E-state index contributed by atoms with van der Waals surface area (Å²) in [5, 5.41) is 2.44. The summed E-state index contributed by atoms with van der Waals surface area (Å²) >= 11 is 0. The third-order valence-corrected chi connectivity index (χ3v) is 2.21. The Kier molecular flexibility index (Phi) is 5.15. The van der Waals surface area contributed by atoms with Gasteiger partial charge in [0.05, 0.1) is 6.54 Å². The molecular weight excluding hydrogens is 235 g/mol. The fourth-order valence-corrected chi connectivity index (χ4v) is 1.35. The number of hydrogen-bond donors (Lipinski definition) is 2. The highest BCUT2D eigenvalue weighted by atomic mass is 19.1.